The van der Waals surface area contributed by atoms with Gasteiger partial charge in [-0.25, -0.2) is 0 Å². The molecule has 0 saturated carbocycles. The largest absolute Gasteiger partial charge is 0.325 e. The Morgan fingerprint density at radius 3 is 1.54 bits per heavy atom. The van der Waals surface area contributed by atoms with Gasteiger partial charge < -0.3 is 10.6 Å². The second kappa shape index (κ2) is 7.35. The number of amides is 2. The Morgan fingerprint density at radius 2 is 1.15 bits per heavy atom. The molecule has 0 atom stereocenters. The monoisotopic (exact) mass is 386 g/mol. The van der Waals surface area contributed by atoms with E-state index in [1.54, 1.807) is 24.3 Å². The van der Waals surface area contributed by atoms with Crippen LogP contribution in [0.2, 0.25) is 0 Å². The molecular formula is C18H14N2O4S2. The molecule has 0 radical (unpaired) electrons. The summed E-state index contributed by atoms with van der Waals surface area (Å²) in [6, 6.07) is 9.35. The first-order valence-corrected chi connectivity index (χ1v) is 8.91. The molecular weight excluding hydrogens is 372 g/mol. The molecule has 8 heteroatoms. The number of carbonyl (C=O) groups excluding carboxylic acids is 4. The second-order valence-corrected chi connectivity index (χ2v) is 6.16. The van der Waals surface area contributed by atoms with Gasteiger partial charge in [-0.2, -0.15) is 25.3 Å². The third-order valence-corrected chi connectivity index (χ3v) is 4.48. The first kappa shape index (κ1) is 18.2. The molecule has 0 saturated heterocycles. The van der Waals surface area contributed by atoms with Gasteiger partial charge in [0.05, 0.1) is 34.0 Å². The highest BCUT2D eigenvalue weighted by atomic mass is 32.1. The Bertz CT molecular complexity index is 883. The van der Waals surface area contributed by atoms with Crippen LogP contribution in [0.4, 0.5) is 11.4 Å². The number of ketones is 2. The Kier molecular flexibility index (Phi) is 5.15. The van der Waals surface area contributed by atoms with Crippen molar-refractivity contribution in [2.75, 3.05) is 22.1 Å². The Hall–Kier alpha value is -2.58. The summed E-state index contributed by atoms with van der Waals surface area (Å²) in [5, 5.41) is 5.17. The number of fused-ring (bicyclic) bond motifs is 2. The molecule has 0 aliphatic heterocycles. The number of anilines is 2. The molecule has 3 rings (SSSR count). The zero-order valence-electron chi connectivity index (χ0n) is 13.4. The van der Waals surface area contributed by atoms with Crippen LogP contribution in [0.1, 0.15) is 31.8 Å². The number of thiol groups is 2. The molecule has 26 heavy (non-hydrogen) atoms. The molecule has 2 aromatic carbocycles. The lowest BCUT2D eigenvalue weighted by Crippen LogP contribution is -2.26. The predicted octanol–water partition coefficient (Wildman–Crippen LogP) is 2.20. The zero-order chi connectivity index (χ0) is 18.8. The van der Waals surface area contributed by atoms with Gasteiger partial charge in [0.1, 0.15) is 0 Å². The number of rotatable bonds is 4. The van der Waals surface area contributed by atoms with Gasteiger partial charge in [0.2, 0.25) is 11.8 Å². The van der Waals surface area contributed by atoms with E-state index in [9.17, 15) is 19.2 Å². The summed E-state index contributed by atoms with van der Waals surface area (Å²) in [5.74, 6) is -1.72. The van der Waals surface area contributed by atoms with Crippen molar-refractivity contribution >= 4 is 60.0 Å². The van der Waals surface area contributed by atoms with E-state index in [1.165, 1.54) is 12.1 Å². The predicted molar refractivity (Wildman–Crippen MR) is 105 cm³/mol. The molecule has 0 spiro atoms. The van der Waals surface area contributed by atoms with Crippen molar-refractivity contribution in [3.63, 3.8) is 0 Å². The summed E-state index contributed by atoms with van der Waals surface area (Å²) in [6.07, 6.45) is 0. The molecule has 6 nitrogen and oxygen atoms in total. The third kappa shape index (κ3) is 3.13. The molecule has 0 aromatic heterocycles. The van der Waals surface area contributed by atoms with Crippen LogP contribution in [-0.4, -0.2) is 34.9 Å². The highest BCUT2D eigenvalue weighted by Gasteiger charge is 2.34. The van der Waals surface area contributed by atoms with Gasteiger partial charge in [-0.3, -0.25) is 19.2 Å². The SMILES string of the molecule is O=C(CS)Nc1cccc2c1C(=O)c1c(NC(=O)CS)cccc1C2=O. The third-order valence-electron chi connectivity index (χ3n) is 3.91. The summed E-state index contributed by atoms with van der Waals surface area (Å²) < 4.78 is 0. The normalized spacial score (nSPS) is 12.2. The van der Waals surface area contributed by atoms with Gasteiger partial charge >= 0.3 is 0 Å². The first-order chi connectivity index (χ1) is 12.5. The lowest BCUT2D eigenvalue weighted by atomic mass is 9.82. The van der Waals surface area contributed by atoms with E-state index in [1.807, 2.05) is 0 Å². The van der Waals surface area contributed by atoms with Gasteiger partial charge in [-0.15, -0.1) is 0 Å². The maximum atomic E-state index is 13.1. The van der Waals surface area contributed by atoms with Crippen LogP contribution in [0, 0.1) is 0 Å². The molecule has 0 bridgehead atoms. The van der Waals surface area contributed by atoms with Crippen molar-refractivity contribution in [1.29, 1.82) is 0 Å². The van der Waals surface area contributed by atoms with E-state index in [-0.39, 0.29) is 50.9 Å². The van der Waals surface area contributed by atoms with Crippen LogP contribution < -0.4 is 10.6 Å². The smallest absolute Gasteiger partial charge is 0.234 e. The van der Waals surface area contributed by atoms with Gasteiger partial charge in [0, 0.05) is 11.1 Å². The Labute approximate surface area is 160 Å². The van der Waals surface area contributed by atoms with E-state index < -0.39 is 17.6 Å². The molecule has 0 unspecified atom stereocenters. The van der Waals surface area contributed by atoms with E-state index >= 15 is 0 Å². The van der Waals surface area contributed by atoms with E-state index in [0.717, 1.165) is 0 Å². The minimum atomic E-state index is -0.445. The molecule has 132 valence electrons. The molecule has 2 aromatic rings. The lowest BCUT2D eigenvalue weighted by molar-refractivity contribution is -0.114. The van der Waals surface area contributed by atoms with Crippen molar-refractivity contribution in [3.8, 4) is 0 Å². The highest BCUT2D eigenvalue weighted by Crippen LogP contribution is 2.35. The number of benzene rings is 2. The number of carbonyl (C=O) groups is 4. The van der Waals surface area contributed by atoms with Crippen molar-refractivity contribution in [2.45, 2.75) is 0 Å². The number of hydrogen-bond donors (Lipinski definition) is 4. The molecule has 1 aliphatic carbocycles. The molecule has 0 heterocycles. The fourth-order valence-electron chi connectivity index (χ4n) is 2.83. The summed E-state index contributed by atoms with van der Waals surface area (Å²) >= 11 is 7.81. The van der Waals surface area contributed by atoms with Gasteiger partial charge in [-0.1, -0.05) is 24.3 Å². The minimum absolute atomic E-state index is 0.0638. The number of hydrogen-bond acceptors (Lipinski definition) is 6. The maximum Gasteiger partial charge on any atom is 0.234 e. The van der Waals surface area contributed by atoms with E-state index in [4.69, 9.17) is 0 Å². The van der Waals surface area contributed by atoms with Crippen molar-refractivity contribution in [1.82, 2.24) is 0 Å². The van der Waals surface area contributed by atoms with Crippen molar-refractivity contribution < 1.29 is 19.2 Å². The van der Waals surface area contributed by atoms with Gasteiger partial charge in [0.15, 0.2) is 11.6 Å². The summed E-state index contributed by atoms with van der Waals surface area (Å²) in [5.41, 5.74) is 1.09. The van der Waals surface area contributed by atoms with E-state index in [2.05, 4.69) is 35.9 Å². The van der Waals surface area contributed by atoms with Crippen molar-refractivity contribution in [3.05, 3.63) is 58.7 Å². The fraction of sp³-hybridized carbons (Fsp3) is 0.111. The van der Waals surface area contributed by atoms with Gasteiger partial charge in [-0.05, 0) is 12.1 Å². The summed E-state index contributed by atoms with van der Waals surface area (Å²) in [7, 11) is 0. The standard InChI is InChI=1S/C18H14N2O4S2/c21-13(7-25)19-11-5-1-3-9-15(11)18(24)16-10(17(9)23)4-2-6-12(16)20-14(22)8-26/h1-6,25-26H,7-8H2,(H,19,21)(H,20,22). The van der Waals surface area contributed by atoms with Crippen LogP contribution in [0.5, 0.6) is 0 Å². The first-order valence-electron chi connectivity index (χ1n) is 7.64. The topological polar surface area (TPSA) is 92.3 Å². The van der Waals surface area contributed by atoms with Crippen LogP contribution in [0.3, 0.4) is 0 Å². The average Bonchev–Trinajstić information content (AvgIpc) is 2.65. The number of nitrogens with one attached hydrogen (secondary N) is 2. The Morgan fingerprint density at radius 1 is 0.731 bits per heavy atom. The quantitative estimate of drug-likeness (QED) is 0.517. The summed E-state index contributed by atoms with van der Waals surface area (Å²) in [6.45, 7) is 0. The van der Waals surface area contributed by atoms with Crippen molar-refractivity contribution in [2.24, 2.45) is 0 Å². The van der Waals surface area contributed by atoms with Crippen LogP contribution >= 0.6 is 25.3 Å². The minimum Gasteiger partial charge on any atom is -0.325 e. The zero-order valence-corrected chi connectivity index (χ0v) is 15.2. The average molecular weight is 386 g/mol. The molecule has 1 aliphatic rings. The lowest BCUT2D eigenvalue weighted by Gasteiger charge is -2.22. The second-order valence-electron chi connectivity index (χ2n) is 5.53. The maximum absolute atomic E-state index is 13.1. The van der Waals surface area contributed by atoms with E-state index in [0.29, 0.717) is 0 Å². The molecule has 2 amide bonds. The van der Waals surface area contributed by atoms with Crippen LogP contribution in [0.15, 0.2) is 36.4 Å². The molecule has 0 fully saturated rings. The van der Waals surface area contributed by atoms with Crippen LogP contribution in [-0.2, 0) is 9.59 Å². The van der Waals surface area contributed by atoms with Gasteiger partial charge in [0.25, 0.3) is 0 Å². The molecule has 2 N–H and O–H groups in total. The van der Waals surface area contributed by atoms with Crippen LogP contribution in [0.25, 0.3) is 0 Å². The Balaban J connectivity index is 2.17. The highest BCUT2D eigenvalue weighted by molar-refractivity contribution is 7.81. The fourth-order valence-corrected chi connectivity index (χ4v) is 2.99. The summed E-state index contributed by atoms with van der Waals surface area (Å²) in [4.78, 5) is 49.4.